The number of benzene rings is 1. The third-order valence-corrected chi connectivity index (χ3v) is 4.84. The highest BCUT2D eigenvalue weighted by Crippen LogP contribution is 2.35. The van der Waals surface area contributed by atoms with Gasteiger partial charge < -0.3 is 13.6 Å². The van der Waals surface area contributed by atoms with Crippen LogP contribution in [0.4, 0.5) is 13.2 Å². The molecule has 0 saturated carbocycles. The van der Waals surface area contributed by atoms with Gasteiger partial charge in [-0.25, -0.2) is 0 Å². The summed E-state index contributed by atoms with van der Waals surface area (Å²) in [6, 6.07) is 6.85. The molecule has 1 unspecified atom stereocenters. The molecule has 7 heteroatoms. The van der Waals surface area contributed by atoms with Crippen molar-refractivity contribution in [1.29, 1.82) is 0 Å². The van der Waals surface area contributed by atoms with Gasteiger partial charge in [0.1, 0.15) is 11.5 Å². The van der Waals surface area contributed by atoms with E-state index in [1.165, 1.54) is 12.1 Å². The molecule has 26 heavy (non-hydrogen) atoms. The van der Waals surface area contributed by atoms with Gasteiger partial charge in [-0.1, -0.05) is 19.1 Å². The van der Waals surface area contributed by atoms with Crippen LogP contribution in [-0.4, -0.2) is 22.8 Å². The molecule has 1 atom stereocenters. The molecule has 0 amide bonds. The smallest absolute Gasteiger partial charge is 0.416 e. The Labute approximate surface area is 153 Å². The predicted molar refractivity (Wildman–Crippen MR) is 96.3 cm³/mol. The Hall–Kier alpha value is -1.57. The zero-order valence-electron chi connectivity index (χ0n) is 15.4. The van der Waals surface area contributed by atoms with Crippen LogP contribution in [-0.2, 0) is 21.8 Å². The van der Waals surface area contributed by atoms with Crippen LogP contribution < -0.4 is 0 Å². The van der Waals surface area contributed by atoms with Gasteiger partial charge in [0.15, 0.2) is 0 Å². The number of rotatable bonds is 8. The van der Waals surface area contributed by atoms with E-state index >= 15 is 0 Å². The van der Waals surface area contributed by atoms with Gasteiger partial charge >= 0.3 is 6.18 Å². The monoisotopic (exact) mass is 385 g/mol. The third kappa shape index (κ3) is 5.22. The minimum Gasteiger partial charge on any atom is -0.461 e. The lowest BCUT2D eigenvalue weighted by molar-refractivity contribution is -0.137. The highest BCUT2D eigenvalue weighted by atomic mass is 28.3. The summed E-state index contributed by atoms with van der Waals surface area (Å²) >= 11 is 0. The Morgan fingerprint density at radius 2 is 1.81 bits per heavy atom. The van der Waals surface area contributed by atoms with Crippen LogP contribution in [0.3, 0.4) is 0 Å². The van der Waals surface area contributed by atoms with Crippen molar-refractivity contribution < 1.29 is 26.8 Å². The van der Waals surface area contributed by atoms with Crippen molar-refractivity contribution in [3.8, 4) is 11.3 Å². The van der Waals surface area contributed by atoms with Gasteiger partial charge in [0, 0.05) is 31.3 Å². The van der Waals surface area contributed by atoms with Crippen molar-refractivity contribution in [2.45, 2.75) is 45.1 Å². The largest absolute Gasteiger partial charge is 0.461 e. The van der Waals surface area contributed by atoms with Crippen molar-refractivity contribution in [1.82, 2.24) is 0 Å². The molecule has 1 heterocycles. The zero-order valence-corrected chi connectivity index (χ0v) is 16.4. The van der Waals surface area contributed by atoms with E-state index in [2.05, 4.69) is 13.1 Å². The summed E-state index contributed by atoms with van der Waals surface area (Å²) in [5, 5.41) is 0. The summed E-state index contributed by atoms with van der Waals surface area (Å²) in [6.45, 7) is 6.72. The lowest BCUT2D eigenvalue weighted by Gasteiger charge is -2.16. The summed E-state index contributed by atoms with van der Waals surface area (Å²) in [6.07, 6.45) is -3.14. The fourth-order valence-corrected chi connectivity index (χ4v) is 3.25. The van der Waals surface area contributed by atoms with Gasteiger partial charge in [-0.2, -0.15) is 13.2 Å². The fraction of sp³-hybridized carbons (Fsp3) is 0.474. The molecule has 0 spiro atoms. The molecular weight excluding hydrogens is 361 g/mol. The lowest BCUT2D eigenvalue weighted by Crippen LogP contribution is -2.12. The average molecular weight is 385 g/mol. The maximum atomic E-state index is 12.7. The second-order valence-corrected chi connectivity index (χ2v) is 8.29. The number of hydrogen-bond acceptors (Lipinski definition) is 3. The van der Waals surface area contributed by atoms with Crippen LogP contribution in [0.2, 0.25) is 13.1 Å². The lowest BCUT2D eigenvalue weighted by atomic mass is 10.0. The molecular formula is C19H24F3O3Si. The number of alkyl halides is 3. The normalized spacial score (nSPS) is 13.4. The molecule has 0 aliphatic heterocycles. The molecule has 2 aromatic rings. The zero-order chi connectivity index (χ0) is 19.3. The van der Waals surface area contributed by atoms with E-state index in [1.54, 1.807) is 7.11 Å². The van der Waals surface area contributed by atoms with Crippen LogP contribution in [0.5, 0.6) is 0 Å². The first-order valence-electron chi connectivity index (χ1n) is 8.52. The van der Waals surface area contributed by atoms with Gasteiger partial charge in [-0.05, 0) is 37.7 Å². The Morgan fingerprint density at radius 1 is 1.15 bits per heavy atom. The summed E-state index contributed by atoms with van der Waals surface area (Å²) < 4.78 is 55.3. The van der Waals surface area contributed by atoms with Crippen molar-refractivity contribution in [2.24, 2.45) is 0 Å². The quantitative estimate of drug-likeness (QED) is 0.532. The maximum absolute atomic E-state index is 12.7. The summed E-state index contributed by atoms with van der Waals surface area (Å²) in [5.74, 6) is 1.33. The highest BCUT2D eigenvalue weighted by molar-refractivity contribution is 6.48. The Kier molecular flexibility index (Phi) is 7.08. The summed E-state index contributed by atoms with van der Waals surface area (Å²) in [5.41, 5.74) is 0.861. The van der Waals surface area contributed by atoms with Crippen LogP contribution in [0.15, 0.2) is 34.7 Å². The van der Waals surface area contributed by atoms with Crippen LogP contribution in [0.1, 0.15) is 36.3 Å². The van der Waals surface area contributed by atoms with E-state index in [-0.39, 0.29) is 6.10 Å². The van der Waals surface area contributed by atoms with Crippen LogP contribution in [0.25, 0.3) is 11.3 Å². The second kappa shape index (κ2) is 8.88. The topological polar surface area (TPSA) is 31.6 Å². The Bertz CT molecular complexity index is 693. The van der Waals surface area contributed by atoms with Crippen LogP contribution >= 0.6 is 0 Å². The van der Waals surface area contributed by atoms with Crippen molar-refractivity contribution >= 4 is 9.04 Å². The standard InChI is InChI=1S/C19H24F3O3Si/c1-5-16-15(17(23-2)10-11-24-26(3)4)12-18(25-16)13-6-8-14(9-7-13)19(20,21)22/h6-9,12,17H,5,10-11H2,1-4H3. The minimum absolute atomic E-state index is 0.168. The van der Waals surface area contributed by atoms with Crippen molar-refractivity contribution in [2.75, 3.05) is 13.7 Å². The van der Waals surface area contributed by atoms with E-state index in [1.807, 2.05) is 13.0 Å². The number of ether oxygens (including phenoxy) is 1. The molecule has 0 saturated heterocycles. The molecule has 143 valence electrons. The van der Waals surface area contributed by atoms with Crippen LogP contribution in [0, 0.1) is 0 Å². The first-order chi connectivity index (χ1) is 12.3. The molecule has 1 aromatic heterocycles. The van der Waals surface area contributed by atoms with Gasteiger partial charge in [-0.3, -0.25) is 0 Å². The number of methoxy groups -OCH3 is 1. The third-order valence-electron chi connectivity index (χ3n) is 4.06. The van der Waals surface area contributed by atoms with E-state index in [0.29, 0.717) is 30.8 Å². The Balaban J connectivity index is 2.24. The summed E-state index contributed by atoms with van der Waals surface area (Å²) in [7, 11) is 0.878. The van der Waals surface area contributed by atoms with Gasteiger partial charge in [0.25, 0.3) is 0 Å². The molecule has 0 N–H and O–H groups in total. The second-order valence-electron chi connectivity index (χ2n) is 6.19. The molecule has 2 rings (SSSR count). The Morgan fingerprint density at radius 3 is 2.31 bits per heavy atom. The molecule has 0 aliphatic carbocycles. The molecule has 1 aromatic carbocycles. The predicted octanol–water partition coefficient (Wildman–Crippen LogP) is 5.87. The van der Waals surface area contributed by atoms with E-state index < -0.39 is 20.8 Å². The van der Waals surface area contributed by atoms with E-state index in [9.17, 15) is 13.2 Å². The van der Waals surface area contributed by atoms with Gasteiger partial charge in [0.2, 0.25) is 9.04 Å². The van der Waals surface area contributed by atoms with Crippen molar-refractivity contribution in [3.63, 3.8) is 0 Å². The first-order valence-corrected chi connectivity index (χ1v) is 10.9. The van der Waals surface area contributed by atoms with E-state index in [4.69, 9.17) is 13.6 Å². The maximum Gasteiger partial charge on any atom is 0.416 e. The minimum atomic E-state index is -4.35. The molecule has 3 nitrogen and oxygen atoms in total. The van der Waals surface area contributed by atoms with Gasteiger partial charge in [0.05, 0.1) is 11.7 Å². The SMILES string of the molecule is CCc1oc(-c2ccc(C(F)(F)F)cc2)cc1C(CCO[Si](C)C)OC. The molecule has 1 radical (unpaired) electrons. The number of halogens is 3. The highest BCUT2D eigenvalue weighted by Gasteiger charge is 2.30. The number of hydrogen-bond donors (Lipinski definition) is 0. The number of aryl methyl sites for hydroxylation is 1. The van der Waals surface area contributed by atoms with Crippen molar-refractivity contribution in [3.05, 3.63) is 47.2 Å². The average Bonchev–Trinajstić information content (AvgIpc) is 3.02. The molecule has 0 fully saturated rings. The fourth-order valence-electron chi connectivity index (χ4n) is 2.73. The molecule has 0 bridgehead atoms. The molecule has 0 aliphatic rings. The van der Waals surface area contributed by atoms with E-state index in [0.717, 1.165) is 23.5 Å². The first kappa shape index (κ1) is 20.7. The van der Waals surface area contributed by atoms with Gasteiger partial charge in [-0.15, -0.1) is 0 Å². The number of furan rings is 1. The summed E-state index contributed by atoms with van der Waals surface area (Å²) in [4.78, 5) is 0.